The van der Waals surface area contributed by atoms with Gasteiger partial charge in [0, 0.05) is 47.9 Å². The van der Waals surface area contributed by atoms with Gasteiger partial charge >= 0.3 is 0 Å². The van der Waals surface area contributed by atoms with Gasteiger partial charge in [-0.2, -0.15) is 0 Å². The average molecular weight is 355 g/mol. The highest BCUT2D eigenvalue weighted by atomic mass is 32.2. The van der Waals surface area contributed by atoms with Crippen LogP contribution in [0.15, 0.2) is 53.0 Å². The summed E-state index contributed by atoms with van der Waals surface area (Å²) < 4.78 is 0. The number of rotatable bonds is 7. The molecule has 2 aromatic rings. The molecule has 1 aromatic carbocycles. The fraction of sp³-hybridized carbons (Fsp3) is 0.350. The number of likely N-dealkylation sites (N-methyl/N-ethyl adjacent to an activating group) is 1. The third-order valence-corrected chi connectivity index (χ3v) is 5.87. The lowest BCUT2D eigenvalue weighted by Crippen LogP contribution is -2.41. The molecule has 4 nitrogen and oxygen atoms in total. The molecule has 0 unspecified atom stereocenters. The smallest absolute Gasteiger partial charge is 0.0531 e. The van der Waals surface area contributed by atoms with Crippen molar-refractivity contribution in [1.82, 2.24) is 15.3 Å². The molecule has 25 heavy (non-hydrogen) atoms. The van der Waals surface area contributed by atoms with Crippen molar-refractivity contribution < 1.29 is 0 Å². The van der Waals surface area contributed by atoms with Crippen molar-refractivity contribution in [3.63, 3.8) is 0 Å². The Morgan fingerprint density at radius 2 is 1.88 bits per heavy atom. The number of anilines is 1. The summed E-state index contributed by atoms with van der Waals surface area (Å²) in [6.45, 7) is 12.9. The highest BCUT2D eigenvalue weighted by molar-refractivity contribution is 7.99. The summed E-state index contributed by atoms with van der Waals surface area (Å²) in [6.07, 6.45) is 3.75. The molecule has 2 heterocycles. The van der Waals surface area contributed by atoms with Crippen molar-refractivity contribution in [2.24, 2.45) is 0 Å². The number of nitrogens with one attached hydrogen (secondary N) is 1. The summed E-state index contributed by atoms with van der Waals surface area (Å²) in [5.74, 6) is 0. The van der Waals surface area contributed by atoms with Crippen LogP contribution in [-0.4, -0.2) is 43.1 Å². The molecule has 0 saturated heterocycles. The van der Waals surface area contributed by atoms with Gasteiger partial charge in [-0.25, -0.2) is 5.43 Å². The van der Waals surface area contributed by atoms with Crippen LogP contribution < -0.4 is 10.4 Å². The van der Waals surface area contributed by atoms with Crippen LogP contribution in [0.4, 0.5) is 5.69 Å². The van der Waals surface area contributed by atoms with Gasteiger partial charge in [0.05, 0.1) is 5.69 Å². The summed E-state index contributed by atoms with van der Waals surface area (Å²) in [6, 6.07) is 8.67. The van der Waals surface area contributed by atoms with Gasteiger partial charge < -0.3 is 9.91 Å². The molecule has 1 aliphatic heterocycles. The van der Waals surface area contributed by atoms with Crippen LogP contribution in [0.25, 0.3) is 5.57 Å². The van der Waals surface area contributed by atoms with Crippen molar-refractivity contribution in [1.29, 1.82) is 0 Å². The van der Waals surface area contributed by atoms with E-state index >= 15 is 0 Å². The van der Waals surface area contributed by atoms with Crippen molar-refractivity contribution in [2.75, 3.05) is 38.2 Å². The molecule has 0 atom stereocenters. The molecule has 0 fully saturated rings. The molecule has 132 valence electrons. The highest BCUT2D eigenvalue weighted by Gasteiger charge is 2.20. The Morgan fingerprint density at radius 1 is 1.08 bits per heavy atom. The van der Waals surface area contributed by atoms with Crippen LogP contribution in [0.3, 0.4) is 0 Å². The van der Waals surface area contributed by atoms with E-state index < -0.39 is 0 Å². The number of benzene rings is 1. The van der Waals surface area contributed by atoms with Crippen LogP contribution in [0.1, 0.15) is 25.0 Å². The van der Waals surface area contributed by atoms with Crippen molar-refractivity contribution in [3.05, 3.63) is 54.4 Å². The van der Waals surface area contributed by atoms with Gasteiger partial charge in [-0.15, -0.1) is 0 Å². The van der Waals surface area contributed by atoms with Crippen LogP contribution in [0.2, 0.25) is 0 Å². The van der Waals surface area contributed by atoms with E-state index in [1.807, 2.05) is 19.4 Å². The molecule has 0 radical (unpaired) electrons. The molecule has 0 saturated carbocycles. The Balaban J connectivity index is 1.82. The summed E-state index contributed by atoms with van der Waals surface area (Å²) in [5.41, 5.74) is 7.91. The summed E-state index contributed by atoms with van der Waals surface area (Å²) >= 11 is 1.80. The first-order chi connectivity index (χ1) is 12.2. The second-order valence-corrected chi connectivity index (χ2v) is 7.12. The van der Waals surface area contributed by atoms with E-state index in [0.29, 0.717) is 0 Å². The zero-order valence-corrected chi connectivity index (χ0v) is 16.1. The predicted molar refractivity (Wildman–Crippen MR) is 107 cm³/mol. The summed E-state index contributed by atoms with van der Waals surface area (Å²) in [5, 5.41) is 2.21. The van der Waals surface area contributed by atoms with E-state index in [9.17, 15) is 0 Å². The van der Waals surface area contributed by atoms with Crippen LogP contribution in [-0.2, 0) is 0 Å². The third-order valence-electron chi connectivity index (χ3n) is 4.73. The lowest BCUT2D eigenvalue weighted by molar-refractivity contribution is 0.307. The molecule has 0 aliphatic carbocycles. The van der Waals surface area contributed by atoms with Gasteiger partial charge in [-0.1, -0.05) is 38.3 Å². The Hall–Kier alpha value is -1.82. The fourth-order valence-corrected chi connectivity index (χ4v) is 4.26. The topological polar surface area (TPSA) is 31.4 Å². The van der Waals surface area contributed by atoms with E-state index in [4.69, 9.17) is 0 Å². The predicted octanol–water partition coefficient (Wildman–Crippen LogP) is 3.89. The maximum absolute atomic E-state index is 4.28. The van der Waals surface area contributed by atoms with Gasteiger partial charge in [0.15, 0.2) is 0 Å². The van der Waals surface area contributed by atoms with Gasteiger partial charge in [0.2, 0.25) is 0 Å². The maximum atomic E-state index is 4.28. The van der Waals surface area contributed by atoms with Crippen LogP contribution in [0.5, 0.6) is 0 Å². The molecule has 0 bridgehead atoms. The molecule has 3 rings (SSSR count). The standard InChI is InChI=1S/C20H26N4S/c1-5-23(6-2)11-12-24(21-4)16-7-8-17-15(3)18-14-22-10-9-19(18)25-20(17)13-16/h7-10,13-14,21H,3,5-6,11-12H2,1-2,4H3. The molecule has 5 heteroatoms. The number of hydrogen-bond acceptors (Lipinski definition) is 5. The summed E-state index contributed by atoms with van der Waals surface area (Å²) in [7, 11) is 1.98. The Labute approximate surface area is 154 Å². The molecular formula is C20H26N4S. The second kappa shape index (κ2) is 8.04. The number of aromatic nitrogens is 1. The Bertz CT molecular complexity index is 755. The number of pyridine rings is 1. The normalized spacial score (nSPS) is 12.9. The minimum absolute atomic E-state index is 0.948. The monoisotopic (exact) mass is 354 g/mol. The molecule has 1 aliphatic rings. The molecule has 0 amide bonds. The number of hydrazine groups is 1. The van der Waals surface area contributed by atoms with Crippen LogP contribution >= 0.6 is 11.8 Å². The molecular weight excluding hydrogens is 328 g/mol. The van der Waals surface area contributed by atoms with Gasteiger partial charge in [0.1, 0.15) is 0 Å². The van der Waals surface area contributed by atoms with E-state index in [-0.39, 0.29) is 0 Å². The summed E-state index contributed by atoms with van der Waals surface area (Å²) in [4.78, 5) is 9.15. The SMILES string of the molecule is C=C1c2ccc(N(CCN(CC)CC)NC)cc2Sc2ccncc21. The number of nitrogens with zero attached hydrogens (tertiary/aromatic N) is 3. The minimum atomic E-state index is 0.948. The zero-order valence-electron chi connectivity index (χ0n) is 15.2. The number of hydrogen-bond donors (Lipinski definition) is 1. The maximum Gasteiger partial charge on any atom is 0.0531 e. The molecule has 1 aromatic heterocycles. The first-order valence-corrected chi connectivity index (χ1v) is 9.62. The fourth-order valence-electron chi connectivity index (χ4n) is 3.12. The zero-order chi connectivity index (χ0) is 17.8. The lowest BCUT2D eigenvalue weighted by atomic mass is 10.00. The molecule has 0 spiro atoms. The van der Waals surface area contributed by atoms with Gasteiger partial charge in [0.25, 0.3) is 0 Å². The quantitative estimate of drug-likeness (QED) is 0.651. The lowest BCUT2D eigenvalue weighted by Gasteiger charge is -2.29. The van der Waals surface area contributed by atoms with E-state index in [2.05, 4.69) is 65.0 Å². The number of fused-ring (bicyclic) bond motifs is 2. The average Bonchev–Trinajstić information content (AvgIpc) is 2.65. The molecule has 1 N–H and O–H groups in total. The van der Waals surface area contributed by atoms with E-state index in [1.165, 1.54) is 21.0 Å². The van der Waals surface area contributed by atoms with Crippen LogP contribution in [0, 0.1) is 0 Å². The highest BCUT2D eigenvalue weighted by Crippen LogP contribution is 2.45. The first-order valence-electron chi connectivity index (χ1n) is 8.80. The van der Waals surface area contributed by atoms with Crippen molar-refractivity contribution in [3.8, 4) is 0 Å². The van der Waals surface area contributed by atoms with Gasteiger partial charge in [-0.05, 0) is 42.4 Å². The van der Waals surface area contributed by atoms with Crippen molar-refractivity contribution >= 4 is 23.0 Å². The third kappa shape index (κ3) is 3.73. The van der Waals surface area contributed by atoms with E-state index in [0.717, 1.165) is 37.3 Å². The largest absolute Gasteiger partial charge is 0.307 e. The Morgan fingerprint density at radius 3 is 2.60 bits per heavy atom. The minimum Gasteiger partial charge on any atom is -0.307 e. The van der Waals surface area contributed by atoms with Gasteiger partial charge in [-0.3, -0.25) is 4.98 Å². The van der Waals surface area contributed by atoms with Crippen molar-refractivity contribution in [2.45, 2.75) is 23.6 Å². The second-order valence-electron chi connectivity index (χ2n) is 6.04. The van der Waals surface area contributed by atoms with E-state index in [1.54, 1.807) is 11.8 Å². The first kappa shape index (κ1) is 18.0. The Kier molecular flexibility index (Phi) is 5.78.